The van der Waals surface area contributed by atoms with Gasteiger partial charge in [-0.2, -0.15) is 0 Å². The number of halogens is 1. The molecule has 0 aromatic heterocycles. The van der Waals surface area contributed by atoms with Crippen LogP contribution in [0.25, 0.3) is 6.08 Å². The van der Waals surface area contributed by atoms with Gasteiger partial charge in [-0.1, -0.05) is 0 Å². The summed E-state index contributed by atoms with van der Waals surface area (Å²) in [6.07, 6.45) is 2.90. The third kappa shape index (κ3) is 3.49. The van der Waals surface area contributed by atoms with Gasteiger partial charge in [0.2, 0.25) is 0 Å². The van der Waals surface area contributed by atoms with Gasteiger partial charge in [-0.05, 0) is 41.1 Å². The smallest absolute Gasteiger partial charge is 0.330 e. The number of esters is 1. The number of benzene rings is 1. The van der Waals surface area contributed by atoms with Crippen molar-refractivity contribution in [3.05, 3.63) is 28.2 Å². The lowest BCUT2D eigenvalue weighted by Crippen LogP contribution is -2.00. The van der Waals surface area contributed by atoms with Gasteiger partial charge < -0.3 is 15.2 Å². The van der Waals surface area contributed by atoms with E-state index in [4.69, 9.17) is 15.2 Å². The Labute approximate surface area is 109 Å². The predicted octanol–water partition coefficient (Wildman–Crippen LogP) is 2.62. The summed E-state index contributed by atoms with van der Waals surface area (Å²) in [5.41, 5.74) is 7.00. The van der Waals surface area contributed by atoms with Crippen molar-refractivity contribution in [3.8, 4) is 5.75 Å². The summed E-state index contributed by atoms with van der Waals surface area (Å²) in [5, 5.41) is 0. The van der Waals surface area contributed by atoms with Crippen LogP contribution in [0.4, 0.5) is 5.69 Å². The second-order valence-electron chi connectivity index (χ2n) is 3.17. The highest BCUT2D eigenvalue weighted by Gasteiger charge is 2.09. The highest BCUT2D eigenvalue weighted by molar-refractivity contribution is 9.10. The molecule has 0 aliphatic heterocycles. The molecule has 0 heterocycles. The summed E-state index contributed by atoms with van der Waals surface area (Å²) < 4.78 is 10.8. The Bertz CT molecular complexity index is 444. The van der Waals surface area contributed by atoms with Crippen molar-refractivity contribution in [2.45, 2.75) is 6.92 Å². The number of ether oxygens (including phenoxy) is 2. The number of carbonyl (C=O) groups is 1. The van der Waals surface area contributed by atoms with Gasteiger partial charge in [0.25, 0.3) is 0 Å². The quantitative estimate of drug-likeness (QED) is 0.527. The first-order valence-corrected chi connectivity index (χ1v) is 5.86. The highest BCUT2D eigenvalue weighted by atomic mass is 79.9. The molecule has 0 radical (unpaired) electrons. The fraction of sp³-hybridized carbons (Fsp3) is 0.250. The van der Waals surface area contributed by atoms with Crippen molar-refractivity contribution in [1.82, 2.24) is 0 Å². The van der Waals surface area contributed by atoms with E-state index in [1.165, 1.54) is 6.08 Å². The van der Waals surface area contributed by atoms with E-state index in [-0.39, 0.29) is 0 Å². The van der Waals surface area contributed by atoms with Gasteiger partial charge >= 0.3 is 5.97 Å². The number of methoxy groups -OCH3 is 1. The minimum Gasteiger partial charge on any atom is -0.495 e. The van der Waals surface area contributed by atoms with Crippen molar-refractivity contribution in [2.24, 2.45) is 0 Å². The van der Waals surface area contributed by atoms with Crippen molar-refractivity contribution in [1.29, 1.82) is 0 Å². The maximum atomic E-state index is 11.2. The summed E-state index contributed by atoms with van der Waals surface area (Å²) in [7, 11) is 1.54. The average Bonchev–Trinajstić information content (AvgIpc) is 2.30. The molecular formula is C12H14BrNO3. The molecule has 0 spiro atoms. The van der Waals surface area contributed by atoms with Gasteiger partial charge in [-0.15, -0.1) is 0 Å². The van der Waals surface area contributed by atoms with E-state index in [1.54, 1.807) is 32.2 Å². The number of hydrogen-bond donors (Lipinski definition) is 1. The summed E-state index contributed by atoms with van der Waals surface area (Å²) in [5.74, 6) is 0.180. The van der Waals surface area contributed by atoms with Crippen LogP contribution in [0.15, 0.2) is 22.7 Å². The van der Waals surface area contributed by atoms with E-state index in [0.717, 1.165) is 4.47 Å². The monoisotopic (exact) mass is 299 g/mol. The molecule has 4 nitrogen and oxygen atoms in total. The van der Waals surface area contributed by atoms with E-state index < -0.39 is 5.97 Å². The van der Waals surface area contributed by atoms with E-state index in [0.29, 0.717) is 23.6 Å². The average molecular weight is 300 g/mol. The van der Waals surface area contributed by atoms with Crippen LogP contribution in [0.5, 0.6) is 5.75 Å². The lowest BCUT2D eigenvalue weighted by atomic mass is 10.1. The Morgan fingerprint density at radius 1 is 1.53 bits per heavy atom. The molecule has 0 atom stereocenters. The van der Waals surface area contributed by atoms with Gasteiger partial charge in [-0.3, -0.25) is 0 Å². The Morgan fingerprint density at radius 3 is 2.82 bits per heavy atom. The molecule has 0 unspecified atom stereocenters. The first kappa shape index (κ1) is 13.6. The predicted molar refractivity (Wildman–Crippen MR) is 70.8 cm³/mol. The van der Waals surface area contributed by atoms with E-state index in [2.05, 4.69) is 15.9 Å². The molecule has 0 bridgehead atoms. The topological polar surface area (TPSA) is 61.5 Å². The summed E-state index contributed by atoms with van der Waals surface area (Å²) >= 11 is 3.35. The Balaban J connectivity index is 3.05. The fourth-order valence-electron chi connectivity index (χ4n) is 1.31. The van der Waals surface area contributed by atoms with Crippen LogP contribution in [-0.2, 0) is 9.53 Å². The van der Waals surface area contributed by atoms with Crippen molar-refractivity contribution >= 4 is 33.7 Å². The van der Waals surface area contributed by atoms with Gasteiger partial charge in [0.05, 0.1) is 18.2 Å². The Hall–Kier alpha value is -1.49. The Kier molecular flexibility index (Phi) is 5.03. The summed E-state index contributed by atoms with van der Waals surface area (Å²) in [6.45, 7) is 2.09. The Morgan fingerprint density at radius 2 is 2.24 bits per heavy atom. The second-order valence-corrected chi connectivity index (χ2v) is 4.02. The highest BCUT2D eigenvalue weighted by Crippen LogP contribution is 2.33. The minimum absolute atomic E-state index is 0.342. The molecule has 0 saturated carbocycles. The number of hydrogen-bond acceptors (Lipinski definition) is 4. The maximum absolute atomic E-state index is 11.2. The van der Waals surface area contributed by atoms with Crippen molar-refractivity contribution < 1.29 is 14.3 Å². The number of rotatable bonds is 4. The maximum Gasteiger partial charge on any atom is 0.330 e. The number of anilines is 1. The van der Waals surface area contributed by atoms with Crippen LogP contribution in [0.2, 0.25) is 0 Å². The second kappa shape index (κ2) is 6.30. The van der Waals surface area contributed by atoms with Crippen LogP contribution < -0.4 is 10.5 Å². The normalized spacial score (nSPS) is 10.5. The zero-order valence-electron chi connectivity index (χ0n) is 9.70. The minimum atomic E-state index is -0.408. The molecule has 0 amide bonds. The molecule has 5 heteroatoms. The van der Waals surface area contributed by atoms with E-state index in [9.17, 15) is 4.79 Å². The summed E-state index contributed by atoms with van der Waals surface area (Å²) in [6, 6.07) is 3.52. The number of nitrogens with two attached hydrogens (primary N) is 1. The van der Waals surface area contributed by atoms with Gasteiger partial charge in [-0.25, -0.2) is 4.79 Å². The van der Waals surface area contributed by atoms with Crippen LogP contribution in [-0.4, -0.2) is 19.7 Å². The molecule has 0 aliphatic carbocycles. The number of nitrogen functional groups attached to an aromatic ring is 1. The van der Waals surface area contributed by atoms with Crippen LogP contribution >= 0.6 is 15.9 Å². The molecule has 0 aliphatic rings. The van der Waals surface area contributed by atoms with Gasteiger partial charge in [0.15, 0.2) is 0 Å². The molecule has 1 rings (SSSR count). The molecule has 0 fully saturated rings. The third-order valence-electron chi connectivity index (χ3n) is 2.06. The van der Waals surface area contributed by atoms with Crippen molar-refractivity contribution in [2.75, 3.05) is 19.5 Å². The lowest BCUT2D eigenvalue weighted by molar-refractivity contribution is -0.137. The van der Waals surface area contributed by atoms with E-state index >= 15 is 0 Å². The van der Waals surface area contributed by atoms with Gasteiger partial charge in [0.1, 0.15) is 5.75 Å². The zero-order valence-corrected chi connectivity index (χ0v) is 11.3. The van der Waals surface area contributed by atoms with Crippen LogP contribution in [0, 0.1) is 0 Å². The molecule has 17 heavy (non-hydrogen) atoms. The van der Waals surface area contributed by atoms with Crippen LogP contribution in [0.3, 0.4) is 0 Å². The van der Waals surface area contributed by atoms with Crippen LogP contribution in [0.1, 0.15) is 12.5 Å². The summed E-state index contributed by atoms with van der Waals surface area (Å²) in [4.78, 5) is 11.2. The molecule has 0 saturated heterocycles. The molecule has 2 N–H and O–H groups in total. The fourth-order valence-corrected chi connectivity index (χ4v) is 1.82. The lowest BCUT2D eigenvalue weighted by Gasteiger charge is -2.09. The first-order valence-electron chi connectivity index (χ1n) is 5.07. The largest absolute Gasteiger partial charge is 0.495 e. The number of carbonyl (C=O) groups excluding carboxylic acids is 1. The standard InChI is InChI=1S/C12H14BrNO3/c1-3-17-11(15)7-4-8-10(14)6-5-9(13)12(8)16-2/h4-7H,3,14H2,1-2H3/b7-4+. The zero-order chi connectivity index (χ0) is 12.8. The molecule has 1 aromatic rings. The third-order valence-corrected chi connectivity index (χ3v) is 2.68. The molecule has 92 valence electrons. The van der Waals surface area contributed by atoms with Crippen molar-refractivity contribution in [3.63, 3.8) is 0 Å². The first-order chi connectivity index (χ1) is 8.10. The van der Waals surface area contributed by atoms with Gasteiger partial charge in [0, 0.05) is 17.3 Å². The SMILES string of the molecule is CCOC(=O)/C=C/c1c(N)ccc(Br)c1OC. The molecule has 1 aromatic carbocycles. The molecular weight excluding hydrogens is 286 g/mol. The van der Waals surface area contributed by atoms with E-state index in [1.807, 2.05) is 0 Å².